The van der Waals surface area contributed by atoms with Crippen LogP contribution >= 0.6 is 11.6 Å². The van der Waals surface area contributed by atoms with Gasteiger partial charge in [0.2, 0.25) is 5.91 Å². The third kappa shape index (κ3) is 3.65. The molecule has 0 spiro atoms. The summed E-state index contributed by atoms with van der Waals surface area (Å²) in [5, 5.41) is 9.34. The molecule has 104 valence electrons. The third-order valence-electron chi connectivity index (χ3n) is 3.26. The minimum absolute atomic E-state index is 0.247. The van der Waals surface area contributed by atoms with E-state index in [9.17, 15) is 9.18 Å². The molecule has 1 amide bonds. The topological polar surface area (TPSA) is 43.8 Å². The highest BCUT2D eigenvalue weighted by molar-refractivity contribution is 6.31. The van der Waals surface area contributed by atoms with E-state index in [-0.39, 0.29) is 11.7 Å². The smallest absolute Gasteiger partial charge is 0.248 e. The molecule has 0 radical (unpaired) electrons. The SMILES string of the molecule is O=C(CO)N1CCN(Cc2cc(F)ccc2Cl)CC1. The number of piperazine rings is 1. The Morgan fingerprint density at radius 2 is 2.00 bits per heavy atom. The second-order valence-electron chi connectivity index (χ2n) is 4.55. The molecule has 6 heteroatoms. The molecule has 0 atom stereocenters. The number of nitrogens with zero attached hydrogens (tertiary/aromatic N) is 2. The molecule has 4 nitrogen and oxygen atoms in total. The minimum atomic E-state index is -0.449. The van der Waals surface area contributed by atoms with Crippen molar-refractivity contribution in [3.05, 3.63) is 34.6 Å². The van der Waals surface area contributed by atoms with Gasteiger partial charge in [-0.3, -0.25) is 9.69 Å². The van der Waals surface area contributed by atoms with Gasteiger partial charge in [-0.1, -0.05) is 11.6 Å². The van der Waals surface area contributed by atoms with Crippen molar-refractivity contribution in [2.45, 2.75) is 6.54 Å². The predicted molar refractivity (Wildman–Crippen MR) is 70.4 cm³/mol. The van der Waals surface area contributed by atoms with Crippen molar-refractivity contribution in [3.63, 3.8) is 0 Å². The van der Waals surface area contributed by atoms with E-state index in [1.807, 2.05) is 0 Å². The maximum absolute atomic E-state index is 13.2. The lowest BCUT2D eigenvalue weighted by Crippen LogP contribution is -2.49. The molecule has 0 aromatic heterocycles. The first-order valence-corrected chi connectivity index (χ1v) is 6.53. The van der Waals surface area contributed by atoms with Gasteiger partial charge in [0.1, 0.15) is 12.4 Å². The van der Waals surface area contributed by atoms with Crippen molar-refractivity contribution in [2.24, 2.45) is 0 Å². The van der Waals surface area contributed by atoms with Crippen molar-refractivity contribution < 1.29 is 14.3 Å². The normalized spacial score (nSPS) is 16.7. The summed E-state index contributed by atoms with van der Waals surface area (Å²) in [6, 6.07) is 4.33. The summed E-state index contributed by atoms with van der Waals surface area (Å²) in [6.07, 6.45) is 0. The van der Waals surface area contributed by atoms with Crippen LogP contribution in [0.25, 0.3) is 0 Å². The lowest BCUT2D eigenvalue weighted by atomic mass is 10.2. The van der Waals surface area contributed by atoms with E-state index in [0.717, 1.165) is 5.56 Å². The van der Waals surface area contributed by atoms with Crippen molar-refractivity contribution in [1.82, 2.24) is 9.80 Å². The van der Waals surface area contributed by atoms with Gasteiger partial charge in [-0.05, 0) is 23.8 Å². The van der Waals surface area contributed by atoms with E-state index in [4.69, 9.17) is 16.7 Å². The quantitative estimate of drug-likeness (QED) is 0.905. The highest BCUT2D eigenvalue weighted by Gasteiger charge is 2.20. The Labute approximate surface area is 116 Å². The Morgan fingerprint density at radius 1 is 1.32 bits per heavy atom. The number of aliphatic hydroxyl groups excluding tert-OH is 1. The van der Waals surface area contributed by atoms with Crippen LogP contribution in [0.4, 0.5) is 4.39 Å². The van der Waals surface area contributed by atoms with Gasteiger partial charge >= 0.3 is 0 Å². The van der Waals surface area contributed by atoms with Crippen molar-refractivity contribution >= 4 is 17.5 Å². The first kappa shape index (κ1) is 14.2. The Balaban J connectivity index is 1.92. The summed E-state index contributed by atoms with van der Waals surface area (Å²) in [6.45, 7) is 2.66. The molecule has 1 aromatic rings. The molecule has 0 saturated carbocycles. The van der Waals surface area contributed by atoms with Crippen molar-refractivity contribution in [2.75, 3.05) is 32.8 Å². The minimum Gasteiger partial charge on any atom is -0.387 e. The maximum atomic E-state index is 13.2. The fourth-order valence-corrected chi connectivity index (χ4v) is 2.34. The summed E-state index contributed by atoms with van der Waals surface area (Å²) >= 11 is 6.03. The molecule has 1 saturated heterocycles. The highest BCUT2D eigenvalue weighted by atomic mass is 35.5. The van der Waals surface area contributed by atoms with Gasteiger partial charge in [0.05, 0.1) is 0 Å². The molecule has 2 rings (SSSR count). The van der Waals surface area contributed by atoms with Crippen LogP contribution in [0.1, 0.15) is 5.56 Å². The molecule has 19 heavy (non-hydrogen) atoms. The van der Waals surface area contributed by atoms with Crippen LogP contribution in [-0.4, -0.2) is 53.6 Å². The van der Waals surface area contributed by atoms with Gasteiger partial charge in [-0.15, -0.1) is 0 Å². The van der Waals surface area contributed by atoms with Crippen LogP contribution in [-0.2, 0) is 11.3 Å². The molecule has 1 aliphatic rings. The second kappa shape index (κ2) is 6.32. The predicted octanol–water partition coefficient (Wildman–Crippen LogP) is 1.12. The lowest BCUT2D eigenvalue weighted by molar-refractivity contribution is -0.135. The molecule has 1 N–H and O–H groups in total. The van der Waals surface area contributed by atoms with Gasteiger partial charge in [0, 0.05) is 37.7 Å². The molecule has 1 aromatic carbocycles. The maximum Gasteiger partial charge on any atom is 0.248 e. The van der Waals surface area contributed by atoms with Crippen molar-refractivity contribution in [3.8, 4) is 0 Å². The van der Waals surface area contributed by atoms with Crippen LogP contribution < -0.4 is 0 Å². The molecular weight excluding hydrogens is 271 g/mol. The van der Waals surface area contributed by atoms with E-state index in [1.165, 1.54) is 12.1 Å². The van der Waals surface area contributed by atoms with E-state index >= 15 is 0 Å². The number of aliphatic hydroxyl groups is 1. The number of hydrogen-bond donors (Lipinski definition) is 1. The van der Waals surface area contributed by atoms with E-state index < -0.39 is 6.61 Å². The number of carbonyl (C=O) groups excluding carboxylic acids is 1. The van der Waals surface area contributed by atoms with Gasteiger partial charge in [-0.2, -0.15) is 0 Å². The monoisotopic (exact) mass is 286 g/mol. The summed E-state index contributed by atoms with van der Waals surface area (Å²) in [4.78, 5) is 15.1. The highest BCUT2D eigenvalue weighted by Crippen LogP contribution is 2.19. The van der Waals surface area contributed by atoms with Gasteiger partial charge < -0.3 is 10.0 Å². The van der Waals surface area contributed by atoms with Crippen LogP contribution in [0.5, 0.6) is 0 Å². The fraction of sp³-hybridized carbons (Fsp3) is 0.462. The van der Waals surface area contributed by atoms with Gasteiger partial charge in [-0.25, -0.2) is 4.39 Å². The van der Waals surface area contributed by atoms with Crippen LogP contribution in [0, 0.1) is 5.82 Å². The number of halogens is 2. The molecule has 1 heterocycles. The molecule has 0 aliphatic carbocycles. The fourth-order valence-electron chi connectivity index (χ4n) is 2.16. The zero-order valence-corrected chi connectivity index (χ0v) is 11.2. The first-order valence-electron chi connectivity index (χ1n) is 6.15. The number of amides is 1. The zero-order chi connectivity index (χ0) is 13.8. The molecule has 0 unspecified atom stereocenters. The molecular formula is C13H16ClFN2O2. The summed E-state index contributed by atoms with van der Waals surface area (Å²) in [5.41, 5.74) is 0.753. The third-order valence-corrected chi connectivity index (χ3v) is 3.63. The Morgan fingerprint density at radius 3 is 2.63 bits per heavy atom. The number of carbonyl (C=O) groups is 1. The molecule has 1 fully saturated rings. The number of hydrogen-bond acceptors (Lipinski definition) is 3. The van der Waals surface area contributed by atoms with Crippen LogP contribution in [0.3, 0.4) is 0 Å². The Hall–Kier alpha value is -1.17. The summed E-state index contributed by atoms with van der Waals surface area (Å²) in [5.74, 6) is -0.545. The van der Waals surface area contributed by atoms with Crippen LogP contribution in [0.2, 0.25) is 5.02 Å². The summed E-state index contributed by atoms with van der Waals surface area (Å²) < 4.78 is 13.2. The van der Waals surface area contributed by atoms with E-state index in [1.54, 1.807) is 11.0 Å². The average Bonchev–Trinajstić information content (AvgIpc) is 2.43. The molecule has 1 aliphatic heterocycles. The van der Waals surface area contributed by atoms with Crippen LogP contribution in [0.15, 0.2) is 18.2 Å². The molecule has 0 bridgehead atoms. The number of rotatable bonds is 3. The standard InChI is InChI=1S/C13H16ClFN2O2/c14-12-2-1-11(15)7-10(12)8-16-3-5-17(6-4-16)13(19)9-18/h1-2,7,18H,3-6,8-9H2. The lowest BCUT2D eigenvalue weighted by Gasteiger charge is -2.34. The largest absolute Gasteiger partial charge is 0.387 e. The van der Waals surface area contributed by atoms with E-state index in [2.05, 4.69) is 4.90 Å². The van der Waals surface area contributed by atoms with Gasteiger partial charge in [0.25, 0.3) is 0 Å². The first-order chi connectivity index (χ1) is 9.10. The van der Waals surface area contributed by atoms with Crippen molar-refractivity contribution in [1.29, 1.82) is 0 Å². The van der Waals surface area contributed by atoms with E-state index in [0.29, 0.717) is 37.7 Å². The Kier molecular flexibility index (Phi) is 4.74. The second-order valence-corrected chi connectivity index (χ2v) is 4.96. The average molecular weight is 287 g/mol. The number of benzene rings is 1. The Bertz CT molecular complexity index is 462. The zero-order valence-electron chi connectivity index (χ0n) is 10.5. The van der Waals surface area contributed by atoms with Gasteiger partial charge in [0.15, 0.2) is 0 Å². The summed E-state index contributed by atoms with van der Waals surface area (Å²) in [7, 11) is 0.